The number of alkyl halides is 1. The number of pyridine rings is 1. The third-order valence-electron chi connectivity index (χ3n) is 6.71. The summed E-state index contributed by atoms with van der Waals surface area (Å²) in [5.41, 5.74) is 3.30. The number of amides is 1. The summed E-state index contributed by atoms with van der Waals surface area (Å²) in [5, 5.41) is 24.3. The molecule has 3 N–H and O–H groups in total. The summed E-state index contributed by atoms with van der Waals surface area (Å²) in [6, 6.07) is 6.99. The highest BCUT2D eigenvalue weighted by atomic mass is 19.1. The maximum Gasteiger partial charge on any atom is 0.311 e. The van der Waals surface area contributed by atoms with Crippen molar-refractivity contribution in [3.05, 3.63) is 48.7 Å². The van der Waals surface area contributed by atoms with Crippen LogP contribution in [0.4, 0.5) is 21.6 Å². The number of benzene rings is 1. The zero-order chi connectivity index (χ0) is 25.4. The number of fused-ring (bicyclic) bond motifs is 1. The molecule has 2 fully saturated rings. The topological polar surface area (TPSA) is 142 Å². The van der Waals surface area contributed by atoms with Gasteiger partial charge in [0.15, 0.2) is 0 Å². The fourth-order valence-electron chi connectivity index (χ4n) is 4.76. The minimum atomic E-state index is -0.974. The number of β-amino-alcohol motifs (C(OH)–C–C–N with tert-alkyl or cyclic N) is 1. The van der Waals surface area contributed by atoms with Crippen molar-refractivity contribution in [1.82, 2.24) is 30.0 Å². The summed E-state index contributed by atoms with van der Waals surface area (Å²) in [7, 11) is 0. The van der Waals surface area contributed by atoms with Crippen LogP contribution in [0, 0.1) is 0 Å². The van der Waals surface area contributed by atoms with Crippen LogP contribution in [-0.4, -0.2) is 72.5 Å². The number of likely N-dealkylation sites (tertiary alicyclic amines) is 1. The van der Waals surface area contributed by atoms with Crippen LogP contribution in [0.5, 0.6) is 0 Å². The summed E-state index contributed by atoms with van der Waals surface area (Å²) in [5.74, 6) is 0.0117. The summed E-state index contributed by atoms with van der Waals surface area (Å²) in [6.45, 7) is 0.650. The van der Waals surface area contributed by atoms with E-state index < -0.39 is 18.2 Å². The van der Waals surface area contributed by atoms with Crippen molar-refractivity contribution in [2.45, 2.75) is 44.0 Å². The number of carbonyl (C=O) groups is 1. The Bertz CT molecular complexity index is 1450. The molecule has 1 saturated carbocycles. The van der Waals surface area contributed by atoms with Crippen molar-refractivity contribution in [1.29, 1.82) is 0 Å². The predicted octanol–water partition coefficient (Wildman–Crippen LogP) is 3.33. The van der Waals surface area contributed by atoms with Crippen molar-refractivity contribution in [3.8, 4) is 11.5 Å². The Morgan fingerprint density at radius 2 is 1.95 bits per heavy atom. The van der Waals surface area contributed by atoms with Gasteiger partial charge in [-0.1, -0.05) is 0 Å². The molecule has 190 valence electrons. The van der Waals surface area contributed by atoms with Gasteiger partial charge in [0, 0.05) is 43.4 Å². The number of nitrogens with zero attached hydrogens (tertiary/aromatic N) is 6. The number of carbonyl (C=O) groups excluding carboxylic acids is 1. The second kappa shape index (κ2) is 9.69. The van der Waals surface area contributed by atoms with Crippen LogP contribution in [0.3, 0.4) is 0 Å². The normalized spacial score (nSPS) is 21.5. The molecule has 0 spiro atoms. The van der Waals surface area contributed by atoms with E-state index in [2.05, 4.69) is 35.8 Å². The summed E-state index contributed by atoms with van der Waals surface area (Å²) in [6.07, 6.45) is 5.79. The lowest BCUT2D eigenvalue weighted by molar-refractivity contribution is 0.0726. The van der Waals surface area contributed by atoms with Crippen molar-refractivity contribution >= 4 is 34.1 Å². The van der Waals surface area contributed by atoms with Crippen LogP contribution in [0.25, 0.3) is 22.5 Å². The highest BCUT2D eigenvalue weighted by molar-refractivity contribution is 5.90. The molecule has 1 aliphatic heterocycles. The molecule has 3 atom stereocenters. The van der Waals surface area contributed by atoms with Gasteiger partial charge in [-0.15, -0.1) is 10.2 Å². The summed E-state index contributed by atoms with van der Waals surface area (Å²) >= 11 is 0. The number of nitrogens with one attached hydrogen (secondary N) is 2. The van der Waals surface area contributed by atoms with E-state index in [1.807, 2.05) is 18.2 Å². The molecular formula is C25H25FN8O3. The highest BCUT2D eigenvalue weighted by Crippen LogP contribution is 2.33. The fraction of sp³-hybridized carbons (Fsp3) is 0.360. The van der Waals surface area contributed by atoms with Crippen LogP contribution < -0.4 is 10.6 Å². The van der Waals surface area contributed by atoms with Crippen molar-refractivity contribution in [2.75, 3.05) is 23.7 Å². The molecule has 1 aliphatic carbocycles. The Morgan fingerprint density at radius 3 is 2.73 bits per heavy atom. The number of rotatable bonds is 6. The summed E-state index contributed by atoms with van der Waals surface area (Å²) in [4.78, 5) is 27.3. The second-order valence-corrected chi connectivity index (χ2v) is 9.30. The van der Waals surface area contributed by atoms with Gasteiger partial charge >= 0.3 is 11.8 Å². The molecule has 0 bridgehead atoms. The minimum Gasteiger partial charge on any atom is -0.412 e. The lowest BCUT2D eigenvalue weighted by atomic mass is 10.1. The number of aliphatic hydroxyl groups excluding tert-OH is 1. The Kier molecular flexibility index (Phi) is 6.08. The van der Waals surface area contributed by atoms with Crippen LogP contribution in [0.2, 0.25) is 0 Å². The maximum atomic E-state index is 14.5. The molecule has 3 unspecified atom stereocenters. The smallest absolute Gasteiger partial charge is 0.311 e. The van der Waals surface area contributed by atoms with E-state index in [9.17, 15) is 14.3 Å². The molecule has 11 nitrogen and oxygen atoms in total. The van der Waals surface area contributed by atoms with Gasteiger partial charge in [0.1, 0.15) is 12.0 Å². The van der Waals surface area contributed by atoms with E-state index in [1.165, 1.54) is 4.90 Å². The van der Waals surface area contributed by atoms with Crippen LogP contribution in [0.1, 0.15) is 36.4 Å². The number of hydrogen-bond acceptors (Lipinski definition) is 10. The molecular weight excluding hydrogens is 479 g/mol. The van der Waals surface area contributed by atoms with Gasteiger partial charge in [0.2, 0.25) is 0 Å². The number of hydrogen-bond donors (Lipinski definition) is 3. The molecule has 1 aromatic carbocycles. The molecule has 3 aromatic heterocycles. The Balaban J connectivity index is 1.30. The van der Waals surface area contributed by atoms with Gasteiger partial charge in [-0.05, 0) is 43.9 Å². The first-order valence-electron chi connectivity index (χ1n) is 12.2. The second-order valence-electron chi connectivity index (χ2n) is 9.30. The van der Waals surface area contributed by atoms with E-state index in [4.69, 9.17) is 4.42 Å². The van der Waals surface area contributed by atoms with E-state index >= 15 is 0 Å². The monoisotopic (exact) mass is 504 g/mol. The first-order valence-corrected chi connectivity index (χ1v) is 12.2. The standard InChI is InChI=1S/C25H25FN8O3/c26-17-2-1-3-18(17)31-20-11-22(30-14-4-5-19-21(10-14)28-8-7-27-19)29-12-16(20)23-32-33-24(37-23)25(36)34-9-6-15(35)13-34/h4-5,7-8,10-12,15,17-18,35H,1-3,6,9,13H2,(H2,29,30,31). The lowest BCUT2D eigenvalue weighted by Gasteiger charge is -2.19. The number of aliphatic hydroxyl groups is 1. The third kappa shape index (κ3) is 4.79. The average molecular weight is 505 g/mol. The summed E-state index contributed by atoms with van der Waals surface area (Å²) < 4.78 is 20.2. The molecule has 37 heavy (non-hydrogen) atoms. The maximum absolute atomic E-state index is 14.5. The zero-order valence-electron chi connectivity index (χ0n) is 19.8. The fourth-order valence-corrected chi connectivity index (χ4v) is 4.76. The third-order valence-corrected chi connectivity index (χ3v) is 6.71. The van der Waals surface area contributed by atoms with Crippen molar-refractivity contribution in [3.63, 3.8) is 0 Å². The van der Waals surface area contributed by atoms with E-state index in [0.717, 1.165) is 23.1 Å². The first kappa shape index (κ1) is 23.2. The van der Waals surface area contributed by atoms with Crippen molar-refractivity contribution in [2.24, 2.45) is 0 Å². The molecule has 1 amide bonds. The lowest BCUT2D eigenvalue weighted by Crippen LogP contribution is -2.29. The highest BCUT2D eigenvalue weighted by Gasteiger charge is 2.31. The van der Waals surface area contributed by atoms with E-state index in [0.29, 0.717) is 42.9 Å². The molecule has 6 rings (SSSR count). The Labute approximate surface area is 211 Å². The quantitative estimate of drug-likeness (QED) is 0.358. The Hall–Kier alpha value is -4.19. The van der Waals surface area contributed by atoms with Gasteiger partial charge in [0.05, 0.1) is 34.4 Å². The minimum absolute atomic E-state index is 0.0963. The number of aromatic nitrogens is 5. The Morgan fingerprint density at radius 1 is 1.08 bits per heavy atom. The number of anilines is 3. The average Bonchev–Trinajstić information content (AvgIpc) is 3.66. The van der Waals surface area contributed by atoms with Crippen LogP contribution in [-0.2, 0) is 0 Å². The molecule has 12 heteroatoms. The zero-order valence-corrected chi connectivity index (χ0v) is 19.8. The van der Waals surface area contributed by atoms with Crippen LogP contribution in [0.15, 0.2) is 47.3 Å². The number of halogens is 1. The molecule has 4 aromatic rings. The molecule has 4 heterocycles. The predicted molar refractivity (Wildman–Crippen MR) is 133 cm³/mol. The van der Waals surface area contributed by atoms with Crippen molar-refractivity contribution < 1.29 is 18.7 Å². The van der Waals surface area contributed by atoms with E-state index in [-0.39, 0.29) is 24.4 Å². The van der Waals surface area contributed by atoms with Crippen LogP contribution >= 0.6 is 0 Å². The molecule has 0 radical (unpaired) electrons. The SMILES string of the molecule is O=C(c1nnc(-c2cnc(Nc3ccc4nccnc4c3)cc2NC2CCCC2F)o1)N1CCC(O)C1. The molecule has 2 aliphatic rings. The first-order chi connectivity index (χ1) is 18.0. The van der Waals surface area contributed by atoms with E-state index in [1.54, 1.807) is 24.7 Å². The van der Waals surface area contributed by atoms with Gasteiger partial charge in [0.25, 0.3) is 5.89 Å². The molecule has 1 saturated heterocycles. The van der Waals surface area contributed by atoms with Gasteiger partial charge < -0.3 is 25.1 Å². The van der Waals surface area contributed by atoms with Gasteiger partial charge in [-0.3, -0.25) is 14.8 Å². The van der Waals surface area contributed by atoms with Gasteiger partial charge in [-0.2, -0.15) is 0 Å². The largest absolute Gasteiger partial charge is 0.412 e. The van der Waals surface area contributed by atoms with Gasteiger partial charge in [-0.25, -0.2) is 9.37 Å².